The van der Waals surface area contributed by atoms with Gasteiger partial charge in [0.25, 0.3) is 0 Å². The van der Waals surface area contributed by atoms with Gasteiger partial charge in [0, 0.05) is 51.3 Å². The SMILES string of the molecule is CCNC(=NCc1csc(N(C)C)n1)NCC1(N(C)C)CCOCC1. The van der Waals surface area contributed by atoms with Crippen LogP contribution in [0.25, 0.3) is 0 Å². The maximum absolute atomic E-state index is 5.54. The largest absolute Gasteiger partial charge is 0.381 e. The van der Waals surface area contributed by atoms with Crippen LogP contribution >= 0.6 is 11.3 Å². The number of ether oxygens (including phenoxy) is 1. The predicted octanol–water partition coefficient (Wildman–Crippen LogP) is 1.38. The third-order valence-electron chi connectivity index (χ3n) is 4.62. The lowest BCUT2D eigenvalue weighted by Crippen LogP contribution is -2.57. The first kappa shape index (κ1) is 19.9. The molecule has 1 saturated heterocycles. The summed E-state index contributed by atoms with van der Waals surface area (Å²) in [6, 6.07) is 0. The van der Waals surface area contributed by atoms with Crippen molar-refractivity contribution >= 4 is 22.4 Å². The van der Waals surface area contributed by atoms with E-state index in [2.05, 4.69) is 46.9 Å². The first-order valence-corrected chi connectivity index (χ1v) is 9.74. The van der Waals surface area contributed by atoms with Gasteiger partial charge in [-0.05, 0) is 33.9 Å². The van der Waals surface area contributed by atoms with Gasteiger partial charge in [0.2, 0.25) is 0 Å². The summed E-state index contributed by atoms with van der Waals surface area (Å²) in [6.45, 7) is 6.00. The quantitative estimate of drug-likeness (QED) is 0.560. The number of rotatable bonds is 7. The van der Waals surface area contributed by atoms with Crippen molar-refractivity contribution in [3.05, 3.63) is 11.1 Å². The Labute approximate surface area is 155 Å². The molecule has 0 bridgehead atoms. The molecule has 8 heteroatoms. The molecule has 0 aromatic carbocycles. The topological polar surface area (TPSA) is 65.0 Å². The first-order chi connectivity index (χ1) is 12.0. The fourth-order valence-corrected chi connectivity index (χ4v) is 3.61. The van der Waals surface area contributed by atoms with Gasteiger partial charge < -0.3 is 25.2 Å². The lowest BCUT2D eigenvalue weighted by atomic mass is 9.88. The summed E-state index contributed by atoms with van der Waals surface area (Å²) in [4.78, 5) is 13.6. The van der Waals surface area contributed by atoms with Gasteiger partial charge in [-0.15, -0.1) is 11.3 Å². The highest BCUT2D eigenvalue weighted by Gasteiger charge is 2.34. The Morgan fingerprint density at radius 1 is 1.28 bits per heavy atom. The number of thiazole rings is 1. The molecule has 0 radical (unpaired) electrons. The fraction of sp³-hybridized carbons (Fsp3) is 0.765. The lowest BCUT2D eigenvalue weighted by Gasteiger charge is -2.43. The zero-order valence-corrected chi connectivity index (χ0v) is 16.9. The molecule has 1 aromatic heterocycles. The van der Waals surface area contributed by atoms with Crippen molar-refractivity contribution in [1.82, 2.24) is 20.5 Å². The Bertz CT molecular complexity index is 551. The Hall–Kier alpha value is -1.38. The smallest absolute Gasteiger partial charge is 0.191 e. The van der Waals surface area contributed by atoms with Crippen LogP contribution in [0.2, 0.25) is 0 Å². The minimum absolute atomic E-state index is 0.118. The van der Waals surface area contributed by atoms with Crippen LogP contribution in [0.3, 0.4) is 0 Å². The van der Waals surface area contributed by atoms with E-state index in [1.54, 1.807) is 11.3 Å². The van der Waals surface area contributed by atoms with Gasteiger partial charge >= 0.3 is 0 Å². The van der Waals surface area contributed by atoms with Crippen LogP contribution < -0.4 is 15.5 Å². The average molecular weight is 369 g/mol. The highest BCUT2D eigenvalue weighted by molar-refractivity contribution is 7.13. The molecule has 2 N–H and O–H groups in total. The summed E-state index contributed by atoms with van der Waals surface area (Å²) >= 11 is 1.65. The van der Waals surface area contributed by atoms with Crippen molar-refractivity contribution in [3.8, 4) is 0 Å². The minimum atomic E-state index is 0.118. The molecule has 2 heterocycles. The second kappa shape index (κ2) is 9.35. The summed E-state index contributed by atoms with van der Waals surface area (Å²) in [5, 5.41) is 9.93. The number of hydrogen-bond donors (Lipinski definition) is 2. The van der Waals surface area contributed by atoms with Crippen LogP contribution in [-0.4, -0.2) is 75.9 Å². The number of hydrogen-bond acceptors (Lipinski definition) is 6. The molecule has 0 amide bonds. The van der Waals surface area contributed by atoms with Crippen LogP contribution in [0.5, 0.6) is 0 Å². The molecule has 142 valence electrons. The fourth-order valence-electron chi connectivity index (χ4n) is 2.86. The van der Waals surface area contributed by atoms with Gasteiger partial charge in [-0.2, -0.15) is 0 Å². The van der Waals surface area contributed by atoms with Crippen LogP contribution in [0.1, 0.15) is 25.5 Å². The molecular formula is C17H32N6OS. The minimum Gasteiger partial charge on any atom is -0.381 e. The molecule has 0 unspecified atom stereocenters. The van der Waals surface area contributed by atoms with Crippen LogP contribution in [0.4, 0.5) is 5.13 Å². The number of anilines is 1. The van der Waals surface area contributed by atoms with E-state index in [1.165, 1.54) is 0 Å². The van der Waals surface area contributed by atoms with E-state index >= 15 is 0 Å². The van der Waals surface area contributed by atoms with Crippen LogP contribution in [-0.2, 0) is 11.3 Å². The van der Waals surface area contributed by atoms with Gasteiger partial charge in [-0.1, -0.05) is 0 Å². The highest BCUT2D eigenvalue weighted by Crippen LogP contribution is 2.25. The number of aromatic nitrogens is 1. The van der Waals surface area contributed by atoms with Gasteiger partial charge in [0.15, 0.2) is 11.1 Å². The van der Waals surface area contributed by atoms with Gasteiger partial charge in [0.05, 0.1) is 12.2 Å². The number of likely N-dealkylation sites (N-methyl/N-ethyl adjacent to an activating group) is 1. The molecule has 1 aliphatic heterocycles. The zero-order chi connectivity index (χ0) is 18.3. The summed E-state index contributed by atoms with van der Waals surface area (Å²) in [5.74, 6) is 0.842. The van der Waals surface area contributed by atoms with E-state index in [4.69, 9.17) is 9.73 Å². The third kappa shape index (κ3) is 5.55. The standard InChI is InChI=1S/C17H32N6OS/c1-6-18-15(19-11-14-12-25-16(21-14)22(2)3)20-13-17(23(4)5)7-9-24-10-8-17/h12H,6-11,13H2,1-5H3,(H2,18,19,20). The molecule has 1 aliphatic rings. The summed E-state index contributed by atoms with van der Waals surface area (Å²) in [6.07, 6.45) is 2.06. The molecule has 0 atom stereocenters. The van der Waals surface area contributed by atoms with E-state index in [0.717, 1.165) is 55.9 Å². The van der Waals surface area contributed by atoms with Crippen LogP contribution in [0.15, 0.2) is 10.4 Å². The van der Waals surface area contributed by atoms with Crippen molar-refractivity contribution in [2.45, 2.75) is 31.8 Å². The van der Waals surface area contributed by atoms with E-state index in [9.17, 15) is 0 Å². The van der Waals surface area contributed by atoms with Gasteiger partial charge in [-0.25, -0.2) is 9.98 Å². The Morgan fingerprint density at radius 3 is 2.56 bits per heavy atom. The monoisotopic (exact) mass is 368 g/mol. The molecule has 0 saturated carbocycles. The van der Waals surface area contributed by atoms with Gasteiger partial charge in [0.1, 0.15) is 0 Å². The molecule has 25 heavy (non-hydrogen) atoms. The molecular weight excluding hydrogens is 336 g/mol. The average Bonchev–Trinajstić information content (AvgIpc) is 3.07. The van der Waals surface area contributed by atoms with E-state index in [1.807, 2.05) is 19.0 Å². The number of guanidine groups is 1. The number of nitrogens with one attached hydrogen (secondary N) is 2. The zero-order valence-electron chi connectivity index (χ0n) is 16.1. The van der Waals surface area contributed by atoms with E-state index in [-0.39, 0.29) is 5.54 Å². The molecule has 1 aromatic rings. The maximum Gasteiger partial charge on any atom is 0.191 e. The van der Waals surface area contributed by atoms with Crippen molar-refractivity contribution in [2.24, 2.45) is 4.99 Å². The molecule has 2 rings (SSSR count). The molecule has 0 spiro atoms. The van der Waals surface area contributed by atoms with Crippen molar-refractivity contribution in [2.75, 3.05) is 59.4 Å². The lowest BCUT2D eigenvalue weighted by molar-refractivity contribution is -0.00501. The predicted molar refractivity (Wildman–Crippen MR) is 106 cm³/mol. The first-order valence-electron chi connectivity index (χ1n) is 8.86. The second-order valence-electron chi connectivity index (χ2n) is 6.80. The maximum atomic E-state index is 5.54. The molecule has 1 fully saturated rings. The summed E-state index contributed by atoms with van der Waals surface area (Å²) in [7, 11) is 8.31. The van der Waals surface area contributed by atoms with Crippen molar-refractivity contribution < 1.29 is 4.74 Å². The van der Waals surface area contributed by atoms with Crippen LogP contribution in [0, 0.1) is 0 Å². The molecule has 7 nitrogen and oxygen atoms in total. The van der Waals surface area contributed by atoms with Gasteiger partial charge in [-0.3, -0.25) is 0 Å². The number of nitrogens with zero attached hydrogens (tertiary/aromatic N) is 4. The van der Waals surface area contributed by atoms with E-state index < -0.39 is 0 Å². The molecule has 0 aliphatic carbocycles. The van der Waals surface area contributed by atoms with Crippen molar-refractivity contribution in [3.63, 3.8) is 0 Å². The van der Waals surface area contributed by atoms with Crippen molar-refractivity contribution in [1.29, 1.82) is 0 Å². The normalized spacial score (nSPS) is 17.6. The highest BCUT2D eigenvalue weighted by atomic mass is 32.1. The third-order valence-corrected chi connectivity index (χ3v) is 5.68. The number of aliphatic imine (C=N–C) groups is 1. The summed E-state index contributed by atoms with van der Waals surface area (Å²) in [5.41, 5.74) is 1.12. The van der Waals surface area contributed by atoms with E-state index in [0.29, 0.717) is 6.54 Å². The summed E-state index contributed by atoms with van der Waals surface area (Å²) < 4.78 is 5.54. The Balaban J connectivity index is 1.98. The Morgan fingerprint density at radius 2 is 2.00 bits per heavy atom. The second-order valence-corrected chi connectivity index (χ2v) is 7.63. The Kier molecular flexibility index (Phi) is 7.46.